The highest BCUT2D eigenvalue weighted by molar-refractivity contribution is 7.87. The van der Waals surface area contributed by atoms with E-state index in [2.05, 4.69) is 0 Å². The maximum absolute atomic E-state index is 12.3. The number of benzene rings is 2. The minimum absolute atomic E-state index is 0.0102. The van der Waals surface area contributed by atoms with Crippen LogP contribution in [0.1, 0.15) is 12.8 Å². The quantitative estimate of drug-likeness (QED) is 0.748. The fraction of sp³-hybridized carbons (Fsp3) is 0.188. The van der Waals surface area contributed by atoms with Crippen molar-refractivity contribution in [1.29, 1.82) is 0 Å². The first kappa shape index (κ1) is 17.1. The second kappa shape index (κ2) is 6.63. The van der Waals surface area contributed by atoms with E-state index in [1.807, 2.05) is 0 Å². The lowest BCUT2D eigenvalue weighted by Crippen LogP contribution is -2.23. The molecule has 8 heteroatoms. The number of carbonyl (C=O) groups is 1. The van der Waals surface area contributed by atoms with E-state index in [9.17, 15) is 13.2 Å². The zero-order valence-corrected chi connectivity index (χ0v) is 14.7. The molecule has 0 aromatic heterocycles. The average Bonchev–Trinajstić information content (AvgIpc) is 2.97. The number of anilines is 1. The van der Waals surface area contributed by atoms with Gasteiger partial charge in [0.25, 0.3) is 0 Å². The molecule has 5 nitrogen and oxygen atoms in total. The van der Waals surface area contributed by atoms with Crippen molar-refractivity contribution in [3.05, 3.63) is 52.5 Å². The summed E-state index contributed by atoms with van der Waals surface area (Å²) in [5, 5.41) is 0.508. The largest absolute Gasteiger partial charge is 0.379 e. The highest BCUT2D eigenvalue weighted by atomic mass is 35.5. The molecule has 24 heavy (non-hydrogen) atoms. The minimum atomic E-state index is -4.00. The van der Waals surface area contributed by atoms with Gasteiger partial charge >= 0.3 is 10.1 Å². The standard InChI is InChI=1S/C16H13Cl2NO4S/c17-14-8-5-12(10-15(14)18)23-24(21,22)13-6-3-11(4-7-13)19-9-1-2-16(19)20/h3-8,10H,1-2,9H2. The van der Waals surface area contributed by atoms with E-state index in [-0.39, 0.29) is 21.6 Å². The van der Waals surface area contributed by atoms with Crippen molar-refractivity contribution in [1.82, 2.24) is 0 Å². The van der Waals surface area contributed by atoms with Gasteiger partial charge in [0.2, 0.25) is 5.91 Å². The van der Waals surface area contributed by atoms with Crippen molar-refractivity contribution in [2.75, 3.05) is 11.4 Å². The van der Waals surface area contributed by atoms with Crippen LogP contribution in [0.3, 0.4) is 0 Å². The van der Waals surface area contributed by atoms with E-state index >= 15 is 0 Å². The highest BCUT2D eigenvalue weighted by Gasteiger charge is 2.23. The zero-order chi connectivity index (χ0) is 17.3. The number of halogens is 2. The number of amides is 1. The number of carbonyl (C=O) groups excluding carboxylic acids is 1. The van der Waals surface area contributed by atoms with Crippen LogP contribution in [-0.2, 0) is 14.9 Å². The fourth-order valence-electron chi connectivity index (χ4n) is 2.42. The summed E-state index contributed by atoms with van der Waals surface area (Å²) in [4.78, 5) is 13.3. The lowest BCUT2D eigenvalue weighted by atomic mass is 10.3. The molecular formula is C16H13Cl2NO4S. The van der Waals surface area contributed by atoms with E-state index in [1.54, 1.807) is 17.0 Å². The highest BCUT2D eigenvalue weighted by Crippen LogP contribution is 2.29. The second-order valence-corrected chi connectivity index (χ2v) is 7.62. The molecule has 0 aliphatic carbocycles. The zero-order valence-electron chi connectivity index (χ0n) is 12.4. The summed E-state index contributed by atoms with van der Waals surface area (Å²) in [5.41, 5.74) is 0.672. The molecule has 1 saturated heterocycles. The van der Waals surface area contributed by atoms with Gasteiger partial charge < -0.3 is 9.08 Å². The van der Waals surface area contributed by atoms with E-state index < -0.39 is 10.1 Å². The molecule has 2 aromatic carbocycles. The Labute approximate surface area is 149 Å². The monoisotopic (exact) mass is 385 g/mol. The lowest BCUT2D eigenvalue weighted by Gasteiger charge is -2.16. The third-order valence-corrected chi connectivity index (χ3v) is 5.61. The predicted molar refractivity (Wildman–Crippen MR) is 92.3 cm³/mol. The van der Waals surface area contributed by atoms with Gasteiger partial charge in [0.05, 0.1) is 10.0 Å². The Kier molecular flexibility index (Phi) is 4.71. The molecule has 1 fully saturated rings. The normalized spacial score (nSPS) is 14.9. The van der Waals surface area contributed by atoms with Crippen LogP contribution in [0.25, 0.3) is 0 Å². The number of hydrogen-bond acceptors (Lipinski definition) is 4. The summed E-state index contributed by atoms with van der Waals surface area (Å²) in [7, 11) is -4.00. The first-order valence-electron chi connectivity index (χ1n) is 7.17. The Morgan fingerprint density at radius 2 is 1.71 bits per heavy atom. The van der Waals surface area contributed by atoms with Crippen molar-refractivity contribution in [2.24, 2.45) is 0 Å². The first-order valence-corrected chi connectivity index (χ1v) is 9.33. The molecule has 1 heterocycles. The molecule has 0 bridgehead atoms. The number of hydrogen-bond donors (Lipinski definition) is 0. The SMILES string of the molecule is O=C1CCCN1c1ccc(S(=O)(=O)Oc2ccc(Cl)c(Cl)c2)cc1. The molecule has 1 aliphatic rings. The number of rotatable bonds is 4. The second-order valence-electron chi connectivity index (χ2n) is 5.26. The molecule has 0 atom stereocenters. The molecule has 1 amide bonds. The van der Waals surface area contributed by atoms with Gasteiger partial charge in [0.1, 0.15) is 10.6 Å². The van der Waals surface area contributed by atoms with Crippen molar-refractivity contribution < 1.29 is 17.4 Å². The lowest BCUT2D eigenvalue weighted by molar-refractivity contribution is -0.117. The van der Waals surface area contributed by atoms with Gasteiger partial charge in [0, 0.05) is 24.7 Å². The minimum Gasteiger partial charge on any atom is -0.379 e. The van der Waals surface area contributed by atoms with Gasteiger partial charge in [-0.25, -0.2) is 0 Å². The Hall–Kier alpha value is -1.76. The maximum atomic E-state index is 12.3. The first-order chi connectivity index (χ1) is 11.4. The van der Waals surface area contributed by atoms with E-state index in [1.165, 1.54) is 30.3 Å². The van der Waals surface area contributed by atoms with E-state index in [4.69, 9.17) is 27.4 Å². The smallest absolute Gasteiger partial charge is 0.339 e. The van der Waals surface area contributed by atoms with Crippen LogP contribution in [0.4, 0.5) is 5.69 Å². The van der Waals surface area contributed by atoms with Crippen molar-refractivity contribution in [3.63, 3.8) is 0 Å². The molecule has 0 spiro atoms. The van der Waals surface area contributed by atoms with E-state index in [0.717, 1.165) is 6.42 Å². The van der Waals surface area contributed by atoms with Gasteiger partial charge in [-0.3, -0.25) is 4.79 Å². The fourth-order valence-corrected chi connectivity index (χ4v) is 3.63. The molecule has 2 aromatic rings. The van der Waals surface area contributed by atoms with Crippen LogP contribution < -0.4 is 9.08 Å². The predicted octanol–water partition coefficient (Wildman–Crippen LogP) is 3.89. The average molecular weight is 386 g/mol. The van der Waals surface area contributed by atoms with Crippen molar-refractivity contribution in [2.45, 2.75) is 17.7 Å². The molecule has 0 unspecified atom stereocenters. The van der Waals surface area contributed by atoms with Gasteiger partial charge in [-0.2, -0.15) is 8.42 Å². The Morgan fingerprint density at radius 3 is 2.29 bits per heavy atom. The topological polar surface area (TPSA) is 63.7 Å². The van der Waals surface area contributed by atoms with E-state index in [0.29, 0.717) is 23.7 Å². The van der Waals surface area contributed by atoms with Crippen LogP contribution in [-0.4, -0.2) is 20.9 Å². The molecule has 0 radical (unpaired) electrons. The van der Waals surface area contributed by atoms with Gasteiger partial charge in [0.15, 0.2) is 0 Å². The summed E-state index contributed by atoms with van der Waals surface area (Å²) in [5.74, 6) is 0.112. The Balaban J connectivity index is 1.81. The van der Waals surface area contributed by atoms with Crippen LogP contribution in [0, 0.1) is 0 Å². The van der Waals surface area contributed by atoms with Gasteiger partial charge in [-0.15, -0.1) is 0 Å². The molecule has 0 N–H and O–H groups in total. The molecular weight excluding hydrogens is 373 g/mol. The molecule has 3 rings (SSSR count). The summed E-state index contributed by atoms with van der Waals surface area (Å²) < 4.78 is 29.7. The van der Waals surface area contributed by atoms with Crippen LogP contribution in [0.5, 0.6) is 5.75 Å². The third-order valence-electron chi connectivity index (χ3n) is 3.61. The van der Waals surface area contributed by atoms with Gasteiger partial charge in [-0.05, 0) is 42.8 Å². The maximum Gasteiger partial charge on any atom is 0.339 e. The van der Waals surface area contributed by atoms with Gasteiger partial charge in [-0.1, -0.05) is 23.2 Å². The summed E-state index contributed by atoms with van der Waals surface area (Å²) in [6.07, 6.45) is 1.32. The summed E-state index contributed by atoms with van der Waals surface area (Å²) in [6.45, 7) is 0.644. The number of nitrogens with zero attached hydrogens (tertiary/aromatic N) is 1. The Bertz CT molecular complexity index is 881. The van der Waals surface area contributed by atoms with Crippen LogP contribution in [0.15, 0.2) is 47.4 Å². The summed E-state index contributed by atoms with van der Waals surface area (Å²) in [6, 6.07) is 10.2. The molecule has 126 valence electrons. The third kappa shape index (κ3) is 3.50. The Morgan fingerprint density at radius 1 is 1.00 bits per heavy atom. The van der Waals surface area contributed by atoms with Crippen LogP contribution in [0.2, 0.25) is 10.0 Å². The molecule has 0 saturated carbocycles. The van der Waals surface area contributed by atoms with Crippen molar-refractivity contribution in [3.8, 4) is 5.75 Å². The molecule has 1 aliphatic heterocycles. The van der Waals surface area contributed by atoms with Crippen LogP contribution >= 0.6 is 23.2 Å². The van der Waals surface area contributed by atoms with Crippen molar-refractivity contribution >= 4 is 44.9 Å². The summed E-state index contributed by atoms with van der Waals surface area (Å²) >= 11 is 11.6.